The van der Waals surface area contributed by atoms with Gasteiger partial charge < -0.3 is 9.64 Å². The first-order valence-corrected chi connectivity index (χ1v) is 8.61. The molecule has 0 radical (unpaired) electrons. The lowest BCUT2D eigenvalue weighted by molar-refractivity contribution is -0.142. The summed E-state index contributed by atoms with van der Waals surface area (Å²) in [6.45, 7) is 6.75. The van der Waals surface area contributed by atoms with E-state index in [1.807, 2.05) is 7.05 Å². The number of likely N-dealkylation sites (N-methyl/N-ethyl adjacent to an activating group) is 1. The van der Waals surface area contributed by atoms with Gasteiger partial charge in [0.2, 0.25) is 5.91 Å². The molecule has 1 aromatic rings. The van der Waals surface area contributed by atoms with Crippen LogP contribution in [0.3, 0.4) is 0 Å². The molecule has 3 aliphatic heterocycles. The van der Waals surface area contributed by atoms with Crippen LogP contribution in [0.25, 0.3) is 0 Å². The van der Waals surface area contributed by atoms with Crippen LogP contribution in [0.5, 0.6) is 0 Å². The van der Waals surface area contributed by atoms with Crippen LogP contribution in [0, 0.1) is 11.8 Å². The van der Waals surface area contributed by atoms with Gasteiger partial charge in [0.05, 0.1) is 25.8 Å². The van der Waals surface area contributed by atoms with Crippen LogP contribution in [0.1, 0.15) is 23.3 Å². The number of amides is 1. The van der Waals surface area contributed by atoms with Crippen LogP contribution in [0.4, 0.5) is 0 Å². The minimum absolute atomic E-state index is 0.0660. The van der Waals surface area contributed by atoms with Crippen molar-refractivity contribution in [1.82, 2.24) is 24.8 Å². The van der Waals surface area contributed by atoms with Gasteiger partial charge in [0.25, 0.3) is 0 Å². The van der Waals surface area contributed by atoms with E-state index in [1.165, 1.54) is 7.11 Å². The predicted octanol–water partition coefficient (Wildman–Crippen LogP) is 0.420. The lowest BCUT2D eigenvalue weighted by Gasteiger charge is -2.49. The van der Waals surface area contributed by atoms with Crippen molar-refractivity contribution in [2.24, 2.45) is 11.8 Å². The van der Waals surface area contributed by atoms with Gasteiger partial charge in [-0.05, 0) is 25.3 Å². The predicted molar refractivity (Wildman–Crippen MR) is 90.8 cm³/mol. The zero-order valence-electron chi connectivity index (χ0n) is 14.8. The number of rotatable bonds is 6. The average molecular weight is 347 g/mol. The fourth-order valence-electron chi connectivity index (χ4n) is 3.98. The molecule has 0 saturated carbocycles. The molecule has 0 aromatic carbocycles. The number of aromatic nitrogens is 3. The highest BCUT2D eigenvalue weighted by Gasteiger charge is 2.44. The third-order valence-corrected chi connectivity index (χ3v) is 5.31. The van der Waals surface area contributed by atoms with Gasteiger partial charge in [-0.2, -0.15) is 0 Å². The molecule has 4 rings (SSSR count). The van der Waals surface area contributed by atoms with Crippen molar-refractivity contribution in [3.63, 3.8) is 0 Å². The number of methoxy groups -OCH3 is 1. The Kier molecular flexibility index (Phi) is 5.17. The molecule has 3 fully saturated rings. The van der Waals surface area contributed by atoms with Gasteiger partial charge in [-0.15, -0.1) is 11.7 Å². The third-order valence-electron chi connectivity index (χ3n) is 5.31. The highest BCUT2D eigenvalue weighted by atomic mass is 16.5. The van der Waals surface area contributed by atoms with Crippen LogP contribution in [-0.4, -0.2) is 76.5 Å². The van der Waals surface area contributed by atoms with E-state index in [2.05, 4.69) is 26.5 Å². The van der Waals surface area contributed by atoms with E-state index in [0.29, 0.717) is 25.0 Å². The van der Waals surface area contributed by atoms with E-state index in [9.17, 15) is 9.59 Å². The molecule has 0 spiro atoms. The summed E-state index contributed by atoms with van der Waals surface area (Å²) in [6, 6.07) is 0.319. The molecule has 8 nitrogen and oxygen atoms in total. The smallest absolute Gasteiger partial charge is 0.360 e. The zero-order chi connectivity index (χ0) is 18.0. The van der Waals surface area contributed by atoms with Crippen LogP contribution >= 0.6 is 0 Å². The van der Waals surface area contributed by atoms with Gasteiger partial charge in [0.15, 0.2) is 5.69 Å². The topological polar surface area (TPSA) is 80.6 Å². The van der Waals surface area contributed by atoms with E-state index in [0.717, 1.165) is 25.9 Å². The molecule has 136 valence electrons. The highest BCUT2D eigenvalue weighted by Crippen LogP contribution is 2.37. The number of ether oxygens (including phenoxy) is 1. The van der Waals surface area contributed by atoms with Crippen molar-refractivity contribution in [1.29, 1.82) is 0 Å². The maximum absolute atomic E-state index is 12.6. The summed E-state index contributed by atoms with van der Waals surface area (Å²) in [5.41, 5.74) is 0.220. The van der Waals surface area contributed by atoms with Gasteiger partial charge in [-0.3, -0.25) is 14.4 Å². The molecular weight excluding hydrogens is 322 g/mol. The Morgan fingerprint density at radius 3 is 2.96 bits per heavy atom. The second kappa shape index (κ2) is 7.35. The Morgan fingerprint density at radius 1 is 1.52 bits per heavy atom. The van der Waals surface area contributed by atoms with Crippen LogP contribution in [0.2, 0.25) is 0 Å². The number of carbonyl (C=O) groups excluding carboxylic acids is 2. The summed E-state index contributed by atoms with van der Waals surface area (Å²) in [5, 5.41) is 7.87. The van der Waals surface area contributed by atoms with E-state index in [1.54, 1.807) is 21.9 Å². The largest absolute Gasteiger partial charge is 0.464 e. The number of nitrogens with zero attached hydrogens (tertiary/aromatic N) is 5. The lowest BCUT2D eigenvalue weighted by atomic mass is 9.75. The Labute approximate surface area is 147 Å². The number of carbonyl (C=O) groups is 2. The molecule has 0 aliphatic carbocycles. The number of fused-ring (bicyclic) bond motifs is 3. The second-order valence-corrected chi connectivity index (χ2v) is 6.86. The van der Waals surface area contributed by atoms with Crippen molar-refractivity contribution < 1.29 is 14.3 Å². The van der Waals surface area contributed by atoms with Gasteiger partial charge in [-0.25, -0.2) is 4.79 Å². The van der Waals surface area contributed by atoms with Crippen LogP contribution < -0.4 is 0 Å². The quantitative estimate of drug-likeness (QED) is 0.548. The average Bonchev–Trinajstić information content (AvgIpc) is 3.09. The van der Waals surface area contributed by atoms with Crippen LogP contribution in [-0.2, 0) is 16.1 Å². The molecule has 3 saturated heterocycles. The number of piperidine rings is 3. The molecule has 3 aliphatic rings. The summed E-state index contributed by atoms with van der Waals surface area (Å²) in [4.78, 5) is 28.2. The second-order valence-electron chi connectivity index (χ2n) is 6.86. The third kappa shape index (κ3) is 3.58. The molecule has 1 unspecified atom stereocenters. The van der Waals surface area contributed by atoms with E-state index >= 15 is 0 Å². The Balaban J connectivity index is 1.62. The summed E-state index contributed by atoms with van der Waals surface area (Å²) in [7, 11) is 3.16. The molecule has 25 heavy (non-hydrogen) atoms. The van der Waals surface area contributed by atoms with Gasteiger partial charge >= 0.3 is 5.97 Å². The Morgan fingerprint density at radius 2 is 2.32 bits per heavy atom. The first-order chi connectivity index (χ1) is 12.0. The minimum atomic E-state index is -0.479. The normalized spacial score (nSPS) is 27.8. The van der Waals surface area contributed by atoms with Crippen molar-refractivity contribution in [3.8, 4) is 0 Å². The zero-order valence-corrected chi connectivity index (χ0v) is 14.8. The van der Waals surface area contributed by atoms with E-state index in [-0.39, 0.29) is 17.5 Å². The van der Waals surface area contributed by atoms with E-state index in [4.69, 9.17) is 0 Å². The number of esters is 1. The van der Waals surface area contributed by atoms with Crippen molar-refractivity contribution >= 4 is 11.9 Å². The molecule has 0 N–H and O–H groups in total. The van der Waals surface area contributed by atoms with Gasteiger partial charge in [0, 0.05) is 26.2 Å². The first kappa shape index (κ1) is 17.6. The molecule has 1 amide bonds. The van der Waals surface area contributed by atoms with Crippen LogP contribution in [0.15, 0.2) is 18.9 Å². The summed E-state index contributed by atoms with van der Waals surface area (Å²) >= 11 is 0. The SMILES string of the molecule is C=CCN(C)C(=O)[C@@H]1CN2CC[C@H]1C[C@@H]2Cn1cc(C(=O)OC)nn1. The minimum Gasteiger partial charge on any atom is -0.464 e. The fraction of sp³-hybridized carbons (Fsp3) is 0.647. The van der Waals surface area contributed by atoms with Crippen molar-refractivity contribution in [2.45, 2.75) is 25.4 Å². The monoisotopic (exact) mass is 347 g/mol. The molecule has 2 bridgehead atoms. The molecule has 4 atom stereocenters. The summed E-state index contributed by atoms with van der Waals surface area (Å²) < 4.78 is 6.35. The summed E-state index contributed by atoms with van der Waals surface area (Å²) in [6.07, 6.45) is 5.40. The number of hydrogen-bond donors (Lipinski definition) is 0. The lowest BCUT2D eigenvalue weighted by Crippen LogP contribution is -2.58. The number of hydrogen-bond acceptors (Lipinski definition) is 6. The maximum atomic E-state index is 12.6. The molecule has 4 heterocycles. The van der Waals surface area contributed by atoms with Gasteiger partial charge in [-0.1, -0.05) is 11.3 Å². The molecule has 8 heteroatoms. The highest BCUT2D eigenvalue weighted by molar-refractivity contribution is 5.86. The van der Waals surface area contributed by atoms with E-state index < -0.39 is 5.97 Å². The standard InChI is InChI=1S/C17H25N5O3/c1-4-6-20(2)16(23)14-10-21-7-5-12(14)8-13(21)9-22-11-15(18-19-22)17(24)25-3/h4,11-14H,1,5-10H2,2-3H3/t12-,13+,14+/m0/s1. The molecular formula is C17H25N5O3. The maximum Gasteiger partial charge on any atom is 0.360 e. The van der Waals surface area contributed by atoms with Crippen molar-refractivity contribution in [2.75, 3.05) is 33.8 Å². The summed E-state index contributed by atoms with van der Waals surface area (Å²) in [5.74, 6) is 0.198. The Hall–Kier alpha value is -2.22. The first-order valence-electron chi connectivity index (χ1n) is 8.61. The van der Waals surface area contributed by atoms with Gasteiger partial charge in [0.1, 0.15) is 0 Å². The molecule has 1 aromatic heterocycles. The Bertz CT molecular complexity index is 658. The van der Waals surface area contributed by atoms with Crippen molar-refractivity contribution in [3.05, 3.63) is 24.5 Å². The fourth-order valence-corrected chi connectivity index (χ4v) is 3.98.